The van der Waals surface area contributed by atoms with Crippen molar-refractivity contribution in [3.05, 3.63) is 16.1 Å². The summed E-state index contributed by atoms with van der Waals surface area (Å²) in [5, 5.41) is 6.48. The Hall–Kier alpha value is -0.940. The van der Waals surface area contributed by atoms with Crippen molar-refractivity contribution < 1.29 is 9.53 Å². The first-order valence-electron chi connectivity index (χ1n) is 2.79. The smallest absolute Gasteiger partial charge is 0.361 e. The highest BCUT2D eigenvalue weighted by Crippen LogP contribution is 2.11. The molecule has 0 aliphatic heterocycles. The van der Waals surface area contributed by atoms with Gasteiger partial charge >= 0.3 is 5.97 Å². The Morgan fingerprint density at radius 1 is 1.42 bits per heavy atom. The van der Waals surface area contributed by atoms with E-state index in [1.165, 1.54) is 7.11 Å². The molecule has 0 aliphatic rings. The Morgan fingerprint density at radius 3 is 2.58 bits per heavy atom. The standard InChI is InChI=1S/C5H3Cl2N3O2/c1-12-4(11)2-3(6)8-5(7)10-9-2/h1H3. The fraction of sp³-hybridized carbons (Fsp3) is 0.200. The third kappa shape index (κ3) is 1.80. The molecule has 64 valence electrons. The summed E-state index contributed by atoms with van der Waals surface area (Å²) in [6, 6.07) is 0. The number of ether oxygens (including phenoxy) is 1. The lowest BCUT2D eigenvalue weighted by Gasteiger charge is -1.97. The number of aromatic nitrogens is 3. The van der Waals surface area contributed by atoms with Crippen LogP contribution in [0.2, 0.25) is 10.4 Å². The van der Waals surface area contributed by atoms with Crippen LogP contribution in [0.15, 0.2) is 0 Å². The molecule has 0 amide bonds. The molecule has 0 aromatic carbocycles. The quantitative estimate of drug-likeness (QED) is 0.643. The highest BCUT2D eigenvalue weighted by Gasteiger charge is 2.14. The molecule has 0 fully saturated rings. The largest absolute Gasteiger partial charge is 0.464 e. The van der Waals surface area contributed by atoms with E-state index in [0.717, 1.165) is 0 Å². The summed E-state index contributed by atoms with van der Waals surface area (Å²) >= 11 is 10.8. The van der Waals surface area contributed by atoms with Crippen LogP contribution in [0.4, 0.5) is 0 Å². The van der Waals surface area contributed by atoms with Crippen LogP contribution in [0.5, 0.6) is 0 Å². The molecule has 0 saturated carbocycles. The van der Waals surface area contributed by atoms with E-state index in [1.807, 2.05) is 0 Å². The molecule has 5 nitrogen and oxygen atoms in total. The summed E-state index contributed by atoms with van der Waals surface area (Å²) in [4.78, 5) is 14.4. The SMILES string of the molecule is COC(=O)c1nnc(Cl)nc1Cl. The predicted octanol–water partition coefficient (Wildman–Crippen LogP) is 0.965. The van der Waals surface area contributed by atoms with Crippen molar-refractivity contribution in [2.75, 3.05) is 7.11 Å². The molecule has 1 rings (SSSR count). The van der Waals surface area contributed by atoms with Crippen LogP contribution in [0, 0.1) is 0 Å². The molecular weight excluding hydrogens is 205 g/mol. The number of rotatable bonds is 1. The van der Waals surface area contributed by atoms with Crippen LogP contribution in [-0.4, -0.2) is 28.3 Å². The zero-order valence-electron chi connectivity index (χ0n) is 5.91. The van der Waals surface area contributed by atoms with Gasteiger partial charge in [-0.25, -0.2) is 9.78 Å². The molecule has 0 saturated heterocycles. The molecule has 1 aromatic rings. The Kier molecular flexibility index (Phi) is 2.78. The average Bonchev–Trinajstić information content (AvgIpc) is 2.03. The zero-order valence-corrected chi connectivity index (χ0v) is 7.43. The first kappa shape index (κ1) is 9.15. The maximum atomic E-state index is 10.9. The summed E-state index contributed by atoms with van der Waals surface area (Å²) in [6.07, 6.45) is 0. The average molecular weight is 208 g/mol. The van der Waals surface area contributed by atoms with E-state index in [1.54, 1.807) is 0 Å². The number of carbonyl (C=O) groups excluding carboxylic acids is 1. The van der Waals surface area contributed by atoms with Gasteiger partial charge in [-0.1, -0.05) is 11.6 Å². The van der Waals surface area contributed by atoms with E-state index in [0.29, 0.717) is 0 Å². The Bertz CT molecular complexity index is 318. The van der Waals surface area contributed by atoms with Crippen molar-refractivity contribution in [1.29, 1.82) is 0 Å². The Morgan fingerprint density at radius 2 is 2.08 bits per heavy atom. The first-order chi connectivity index (χ1) is 5.65. The molecule has 0 aliphatic carbocycles. The van der Waals surface area contributed by atoms with E-state index in [9.17, 15) is 4.79 Å². The second-order valence-electron chi connectivity index (χ2n) is 1.71. The molecule has 0 N–H and O–H groups in total. The van der Waals surface area contributed by atoms with Gasteiger partial charge in [0.2, 0.25) is 11.0 Å². The van der Waals surface area contributed by atoms with E-state index in [-0.39, 0.29) is 16.1 Å². The maximum Gasteiger partial charge on any atom is 0.361 e. The molecule has 0 atom stereocenters. The normalized spacial score (nSPS) is 9.58. The minimum absolute atomic E-state index is 0.118. The van der Waals surface area contributed by atoms with Crippen LogP contribution in [-0.2, 0) is 4.74 Å². The predicted molar refractivity (Wildman–Crippen MR) is 41.2 cm³/mol. The number of esters is 1. The van der Waals surface area contributed by atoms with Crippen molar-refractivity contribution in [3.63, 3.8) is 0 Å². The van der Waals surface area contributed by atoms with Crippen molar-refractivity contribution in [1.82, 2.24) is 15.2 Å². The van der Waals surface area contributed by atoms with Gasteiger partial charge in [-0.2, -0.15) is 0 Å². The molecule has 12 heavy (non-hydrogen) atoms. The Balaban J connectivity index is 3.09. The Labute approximate surface area is 77.7 Å². The molecule has 1 heterocycles. The monoisotopic (exact) mass is 207 g/mol. The molecule has 0 bridgehead atoms. The van der Waals surface area contributed by atoms with Crippen molar-refractivity contribution in [2.45, 2.75) is 0 Å². The van der Waals surface area contributed by atoms with Crippen LogP contribution < -0.4 is 0 Å². The number of hydrogen-bond acceptors (Lipinski definition) is 5. The van der Waals surface area contributed by atoms with E-state index >= 15 is 0 Å². The van der Waals surface area contributed by atoms with Crippen LogP contribution in [0.1, 0.15) is 10.5 Å². The molecular formula is C5H3Cl2N3O2. The van der Waals surface area contributed by atoms with Gasteiger partial charge in [-0.15, -0.1) is 10.2 Å². The second-order valence-corrected chi connectivity index (χ2v) is 2.41. The lowest BCUT2D eigenvalue weighted by Crippen LogP contribution is -2.07. The summed E-state index contributed by atoms with van der Waals surface area (Å²) in [5.41, 5.74) is -0.149. The lowest BCUT2D eigenvalue weighted by molar-refractivity contribution is 0.0592. The minimum Gasteiger partial charge on any atom is -0.464 e. The number of nitrogens with zero attached hydrogens (tertiary/aromatic N) is 3. The number of carbonyl (C=O) groups is 1. The van der Waals surface area contributed by atoms with Gasteiger partial charge in [-0.3, -0.25) is 0 Å². The van der Waals surface area contributed by atoms with E-state index in [2.05, 4.69) is 19.9 Å². The van der Waals surface area contributed by atoms with Crippen molar-refractivity contribution in [3.8, 4) is 0 Å². The van der Waals surface area contributed by atoms with Gasteiger partial charge in [0.25, 0.3) is 0 Å². The molecule has 1 aromatic heterocycles. The summed E-state index contributed by atoms with van der Waals surface area (Å²) in [6.45, 7) is 0. The highest BCUT2D eigenvalue weighted by molar-refractivity contribution is 6.33. The fourth-order valence-electron chi connectivity index (χ4n) is 0.511. The number of halogens is 2. The van der Waals surface area contributed by atoms with Gasteiger partial charge in [0.15, 0.2) is 5.15 Å². The lowest BCUT2D eigenvalue weighted by atomic mass is 10.5. The second kappa shape index (κ2) is 3.64. The van der Waals surface area contributed by atoms with Gasteiger partial charge < -0.3 is 4.74 Å². The summed E-state index contributed by atoms with van der Waals surface area (Å²) in [5.74, 6) is -0.698. The number of methoxy groups -OCH3 is 1. The number of hydrogen-bond donors (Lipinski definition) is 0. The molecule has 7 heteroatoms. The van der Waals surface area contributed by atoms with Crippen LogP contribution in [0.3, 0.4) is 0 Å². The molecule has 0 unspecified atom stereocenters. The minimum atomic E-state index is -0.698. The van der Waals surface area contributed by atoms with Crippen molar-refractivity contribution >= 4 is 29.2 Å². The van der Waals surface area contributed by atoms with Crippen molar-refractivity contribution in [2.24, 2.45) is 0 Å². The molecule has 0 spiro atoms. The highest BCUT2D eigenvalue weighted by atomic mass is 35.5. The summed E-state index contributed by atoms with van der Waals surface area (Å²) in [7, 11) is 1.20. The molecule has 0 radical (unpaired) electrons. The maximum absolute atomic E-state index is 10.9. The third-order valence-electron chi connectivity index (χ3n) is 0.997. The van der Waals surface area contributed by atoms with E-state index < -0.39 is 5.97 Å². The zero-order chi connectivity index (χ0) is 9.14. The third-order valence-corrected chi connectivity index (χ3v) is 1.42. The van der Waals surface area contributed by atoms with Gasteiger partial charge in [0.1, 0.15) is 0 Å². The topological polar surface area (TPSA) is 65.0 Å². The van der Waals surface area contributed by atoms with E-state index in [4.69, 9.17) is 23.2 Å². The van der Waals surface area contributed by atoms with Crippen LogP contribution in [0.25, 0.3) is 0 Å². The van der Waals surface area contributed by atoms with Gasteiger partial charge in [0.05, 0.1) is 7.11 Å². The van der Waals surface area contributed by atoms with Gasteiger partial charge in [0, 0.05) is 0 Å². The summed E-state index contributed by atoms with van der Waals surface area (Å²) < 4.78 is 4.35. The van der Waals surface area contributed by atoms with Crippen LogP contribution >= 0.6 is 23.2 Å². The van der Waals surface area contributed by atoms with Gasteiger partial charge in [-0.05, 0) is 11.6 Å². The fourth-order valence-corrected chi connectivity index (χ4v) is 0.871. The first-order valence-corrected chi connectivity index (χ1v) is 3.54.